The molecular formula is C13H17N3OS. The number of carbonyl (C=O) groups excluding carboxylic acids is 1. The highest BCUT2D eigenvalue weighted by atomic mass is 32.1. The average molecular weight is 263 g/mol. The molecule has 0 saturated heterocycles. The van der Waals surface area contributed by atoms with E-state index in [4.69, 9.17) is 0 Å². The van der Waals surface area contributed by atoms with E-state index in [9.17, 15) is 4.79 Å². The van der Waals surface area contributed by atoms with Gasteiger partial charge in [0.2, 0.25) is 0 Å². The van der Waals surface area contributed by atoms with E-state index in [1.807, 2.05) is 26.0 Å². The zero-order valence-corrected chi connectivity index (χ0v) is 11.6. The number of hydrogen-bond acceptors (Lipinski definition) is 3. The van der Waals surface area contributed by atoms with Crippen molar-refractivity contribution in [3.8, 4) is 0 Å². The Kier molecular flexibility index (Phi) is 3.81. The summed E-state index contributed by atoms with van der Waals surface area (Å²) in [5.41, 5.74) is 1.78. The molecule has 0 aromatic carbocycles. The van der Waals surface area contributed by atoms with Gasteiger partial charge in [0.15, 0.2) is 5.82 Å². The van der Waals surface area contributed by atoms with Crippen molar-refractivity contribution in [2.24, 2.45) is 0 Å². The van der Waals surface area contributed by atoms with E-state index in [0.717, 1.165) is 33.9 Å². The van der Waals surface area contributed by atoms with Gasteiger partial charge in [-0.25, -0.2) is 0 Å². The summed E-state index contributed by atoms with van der Waals surface area (Å²) < 4.78 is 0. The van der Waals surface area contributed by atoms with E-state index in [1.54, 1.807) is 11.3 Å². The predicted octanol–water partition coefficient (Wildman–Crippen LogP) is 3.29. The van der Waals surface area contributed by atoms with Crippen molar-refractivity contribution in [3.63, 3.8) is 0 Å². The molecule has 2 heterocycles. The smallest absolute Gasteiger partial charge is 0.257 e. The lowest BCUT2D eigenvalue weighted by atomic mass is 10.2. The van der Waals surface area contributed by atoms with E-state index < -0.39 is 0 Å². The van der Waals surface area contributed by atoms with Crippen LogP contribution in [0.4, 0.5) is 5.82 Å². The summed E-state index contributed by atoms with van der Waals surface area (Å²) in [6.45, 7) is 6.07. The Balaban J connectivity index is 2.08. The number of rotatable bonds is 4. The Bertz CT molecular complexity index is 556. The summed E-state index contributed by atoms with van der Waals surface area (Å²) in [6, 6.07) is 3.80. The lowest BCUT2D eigenvalue weighted by molar-refractivity contribution is 0.102. The number of aryl methyl sites for hydroxylation is 3. The second kappa shape index (κ2) is 5.35. The van der Waals surface area contributed by atoms with Gasteiger partial charge in [-0.05, 0) is 26.3 Å². The molecule has 0 spiro atoms. The average Bonchev–Trinajstić information content (AvgIpc) is 2.86. The first-order valence-corrected chi connectivity index (χ1v) is 6.84. The second-order valence-corrected chi connectivity index (χ2v) is 5.77. The third-order valence-corrected chi connectivity index (χ3v) is 3.64. The highest BCUT2D eigenvalue weighted by molar-refractivity contribution is 7.12. The fourth-order valence-corrected chi connectivity index (χ4v) is 2.78. The summed E-state index contributed by atoms with van der Waals surface area (Å²) in [5.74, 6) is 0.498. The fraction of sp³-hybridized carbons (Fsp3) is 0.385. The number of hydrogen-bond donors (Lipinski definition) is 2. The van der Waals surface area contributed by atoms with Crippen LogP contribution < -0.4 is 5.32 Å². The number of anilines is 1. The topological polar surface area (TPSA) is 57.8 Å². The summed E-state index contributed by atoms with van der Waals surface area (Å²) in [4.78, 5) is 14.2. The largest absolute Gasteiger partial charge is 0.305 e. The zero-order chi connectivity index (χ0) is 13.1. The molecule has 0 aliphatic heterocycles. The molecule has 4 nitrogen and oxygen atoms in total. The van der Waals surface area contributed by atoms with E-state index >= 15 is 0 Å². The van der Waals surface area contributed by atoms with Gasteiger partial charge in [0.1, 0.15) is 0 Å². The second-order valence-electron chi connectivity index (χ2n) is 4.31. The van der Waals surface area contributed by atoms with Crippen molar-refractivity contribution < 1.29 is 4.79 Å². The van der Waals surface area contributed by atoms with Crippen LogP contribution in [-0.2, 0) is 6.42 Å². The molecule has 5 heteroatoms. The highest BCUT2D eigenvalue weighted by Gasteiger charge is 2.13. The fourth-order valence-electron chi connectivity index (χ4n) is 1.86. The minimum Gasteiger partial charge on any atom is -0.305 e. The van der Waals surface area contributed by atoms with Crippen LogP contribution in [0.15, 0.2) is 12.1 Å². The Morgan fingerprint density at radius 3 is 2.83 bits per heavy atom. The van der Waals surface area contributed by atoms with Crippen molar-refractivity contribution in [2.75, 3.05) is 5.32 Å². The number of nitrogens with zero attached hydrogens (tertiary/aromatic N) is 1. The Morgan fingerprint density at radius 2 is 2.22 bits per heavy atom. The maximum atomic E-state index is 12.1. The third kappa shape index (κ3) is 2.79. The van der Waals surface area contributed by atoms with Crippen molar-refractivity contribution in [1.29, 1.82) is 0 Å². The Labute approximate surface area is 110 Å². The molecule has 96 valence electrons. The van der Waals surface area contributed by atoms with Crippen LogP contribution in [0.25, 0.3) is 0 Å². The Morgan fingerprint density at radius 1 is 1.44 bits per heavy atom. The molecule has 2 aromatic rings. The predicted molar refractivity (Wildman–Crippen MR) is 74.3 cm³/mol. The molecular weight excluding hydrogens is 246 g/mol. The van der Waals surface area contributed by atoms with Crippen LogP contribution in [0.3, 0.4) is 0 Å². The van der Waals surface area contributed by atoms with Crippen LogP contribution in [0.5, 0.6) is 0 Å². The lowest BCUT2D eigenvalue weighted by Gasteiger charge is -1.99. The zero-order valence-electron chi connectivity index (χ0n) is 10.8. The number of aromatic amines is 1. The van der Waals surface area contributed by atoms with Gasteiger partial charge in [0.05, 0.1) is 5.56 Å². The number of carbonyl (C=O) groups is 1. The summed E-state index contributed by atoms with van der Waals surface area (Å²) in [6.07, 6.45) is 2.00. The van der Waals surface area contributed by atoms with E-state index in [0.29, 0.717) is 5.82 Å². The van der Waals surface area contributed by atoms with E-state index in [1.165, 1.54) is 0 Å². The van der Waals surface area contributed by atoms with Crippen LogP contribution in [0.1, 0.15) is 39.2 Å². The Hall–Kier alpha value is -1.62. The molecule has 0 fully saturated rings. The summed E-state index contributed by atoms with van der Waals surface area (Å²) >= 11 is 1.63. The molecule has 0 aliphatic rings. The quantitative estimate of drug-likeness (QED) is 0.889. The van der Waals surface area contributed by atoms with Crippen LogP contribution in [0.2, 0.25) is 0 Å². The highest BCUT2D eigenvalue weighted by Crippen LogP contribution is 2.21. The van der Waals surface area contributed by atoms with Gasteiger partial charge in [-0.1, -0.05) is 13.3 Å². The van der Waals surface area contributed by atoms with Gasteiger partial charge in [-0.3, -0.25) is 9.89 Å². The van der Waals surface area contributed by atoms with Crippen LogP contribution in [-0.4, -0.2) is 16.1 Å². The first-order valence-electron chi connectivity index (χ1n) is 6.02. The minimum absolute atomic E-state index is 0.0913. The summed E-state index contributed by atoms with van der Waals surface area (Å²) in [5, 5.41) is 9.82. The van der Waals surface area contributed by atoms with Gasteiger partial charge >= 0.3 is 0 Å². The number of amides is 1. The standard InChI is InChI=1S/C13H17N3OS/c1-4-5-10-7-12(16-15-10)14-13(17)11-6-8(2)18-9(11)3/h6-7H,4-5H2,1-3H3,(H2,14,15,16,17). The van der Waals surface area contributed by atoms with Crippen molar-refractivity contribution in [3.05, 3.63) is 33.1 Å². The normalized spacial score (nSPS) is 10.6. The minimum atomic E-state index is -0.0913. The SMILES string of the molecule is CCCc1cc(NC(=O)c2cc(C)sc2C)n[nH]1. The lowest BCUT2D eigenvalue weighted by Crippen LogP contribution is -2.12. The van der Waals surface area contributed by atoms with Crippen LogP contribution >= 0.6 is 11.3 Å². The maximum Gasteiger partial charge on any atom is 0.257 e. The maximum absolute atomic E-state index is 12.1. The van der Waals surface area contributed by atoms with Gasteiger partial charge < -0.3 is 5.32 Å². The van der Waals surface area contributed by atoms with Gasteiger partial charge in [0, 0.05) is 21.5 Å². The number of thiophene rings is 1. The number of nitrogens with one attached hydrogen (secondary N) is 2. The van der Waals surface area contributed by atoms with E-state index in [-0.39, 0.29) is 5.91 Å². The molecule has 2 N–H and O–H groups in total. The molecule has 0 saturated carbocycles. The van der Waals surface area contributed by atoms with Gasteiger partial charge in [0.25, 0.3) is 5.91 Å². The number of aromatic nitrogens is 2. The molecule has 0 aliphatic carbocycles. The molecule has 0 atom stereocenters. The molecule has 1 amide bonds. The monoisotopic (exact) mass is 263 g/mol. The first kappa shape index (κ1) is 12.8. The van der Waals surface area contributed by atoms with Crippen molar-refractivity contribution >= 4 is 23.1 Å². The van der Waals surface area contributed by atoms with Gasteiger partial charge in [-0.2, -0.15) is 5.10 Å². The van der Waals surface area contributed by atoms with Gasteiger partial charge in [-0.15, -0.1) is 11.3 Å². The molecule has 0 unspecified atom stereocenters. The first-order chi connectivity index (χ1) is 8.60. The molecule has 0 radical (unpaired) electrons. The molecule has 0 bridgehead atoms. The van der Waals surface area contributed by atoms with E-state index in [2.05, 4.69) is 22.4 Å². The summed E-state index contributed by atoms with van der Waals surface area (Å²) in [7, 11) is 0. The van der Waals surface area contributed by atoms with Crippen LogP contribution in [0, 0.1) is 13.8 Å². The molecule has 18 heavy (non-hydrogen) atoms. The van der Waals surface area contributed by atoms with Crippen molar-refractivity contribution in [1.82, 2.24) is 10.2 Å². The third-order valence-electron chi connectivity index (χ3n) is 2.68. The van der Waals surface area contributed by atoms with Crippen molar-refractivity contribution in [2.45, 2.75) is 33.6 Å². The number of H-pyrrole nitrogens is 1. The molecule has 2 aromatic heterocycles. The molecule has 2 rings (SSSR count).